The number of nitro benzene ring substituents is 1. The molecule has 23 heavy (non-hydrogen) atoms. The highest BCUT2D eigenvalue weighted by molar-refractivity contribution is 7.13. The maximum absolute atomic E-state index is 11.3. The molecule has 0 radical (unpaired) electrons. The number of aromatic nitrogens is 1. The molecule has 0 aliphatic carbocycles. The molecular formula is C15H17N3O4S. The molecule has 8 heteroatoms. The fraction of sp³-hybridized carbons (Fsp3) is 0.333. The first-order valence-electron chi connectivity index (χ1n) is 7.16. The van der Waals surface area contributed by atoms with Crippen molar-refractivity contribution in [1.29, 1.82) is 0 Å². The van der Waals surface area contributed by atoms with Gasteiger partial charge in [-0.15, -0.1) is 0 Å². The van der Waals surface area contributed by atoms with E-state index in [-0.39, 0.29) is 12.2 Å². The topological polar surface area (TPSA) is 108 Å². The largest absolute Gasteiger partial charge is 0.397 e. The van der Waals surface area contributed by atoms with Crippen LogP contribution in [0.5, 0.6) is 5.19 Å². The van der Waals surface area contributed by atoms with E-state index in [0.717, 1.165) is 29.0 Å². The van der Waals surface area contributed by atoms with Gasteiger partial charge in [0.05, 0.1) is 17.2 Å². The molecular weight excluding hydrogens is 318 g/mol. The molecule has 0 aliphatic heterocycles. The van der Waals surface area contributed by atoms with Crippen molar-refractivity contribution in [3.05, 3.63) is 50.5 Å². The van der Waals surface area contributed by atoms with Crippen LogP contribution in [0.25, 0.3) is 0 Å². The van der Waals surface area contributed by atoms with Gasteiger partial charge < -0.3 is 10.5 Å². The minimum Gasteiger partial charge on any atom is -0.397 e. The van der Waals surface area contributed by atoms with Crippen LogP contribution < -0.4 is 10.5 Å². The molecule has 0 fully saturated rings. The van der Waals surface area contributed by atoms with Gasteiger partial charge in [0.15, 0.2) is 0 Å². The van der Waals surface area contributed by atoms with Crippen molar-refractivity contribution < 1.29 is 14.5 Å². The highest BCUT2D eigenvalue weighted by atomic mass is 32.1. The Hall–Kier alpha value is -2.32. The molecule has 1 aromatic carbocycles. The van der Waals surface area contributed by atoms with Gasteiger partial charge in [-0.25, -0.2) is 4.98 Å². The number of rotatable bonds is 7. The highest BCUT2D eigenvalue weighted by Crippen LogP contribution is 2.29. The summed E-state index contributed by atoms with van der Waals surface area (Å²) < 4.78 is 5.07. The third-order valence-electron chi connectivity index (χ3n) is 3.13. The monoisotopic (exact) mass is 335 g/mol. The van der Waals surface area contributed by atoms with E-state index in [9.17, 15) is 14.9 Å². The molecule has 0 spiro atoms. The van der Waals surface area contributed by atoms with Crippen molar-refractivity contribution in [2.45, 2.75) is 26.2 Å². The third kappa shape index (κ3) is 4.57. The normalized spacial score (nSPS) is 10.5. The first-order chi connectivity index (χ1) is 11.0. The lowest BCUT2D eigenvalue weighted by Crippen LogP contribution is -2.19. The lowest BCUT2D eigenvalue weighted by Gasteiger charge is -2.01. The molecule has 0 atom stereocenters. The number of carbonyl (C=O) groups is 1. The minimum absolute atomic E-state index is 0.0596. The highest BCUT2D eigenvalue weighted by Gasteiger charge is 2.15. The van der Waals surface area contributed by atoms with Crippen LogP contribution in [0.15, 0.2) is 24.3 Å². The summed E-state index contributed by atoms with van der Waals surface area (Å²) in [6.07, 6.45) is 2.28. The van der Waals surface area contributed by atoms with Gasteiger partial charge in [-0.05, 0) is 12.0 Å². The molecule has 2 rings (SSSR count). The Kier molecular flexibility index (Phi) is 5.78. The van der Waals surface area contributed by atoms with E-state index >= 15 is 0 Å². The van der Waals surface area contributed by atoms with Crippen LogP contribution in [0.3, 0.4) is 0 Å². The van der Waals surface area contributed by atoms with Crippen LogP contribution in [0, 0.1) is 10.1 Å². The van der Waals surface area contributed by atoms with Crippen molar-refractivity contribution in [2.24, 2.45) is 5.73 Å². The van der Waals surface area contributed by atoms with Gasteiger partial charge in [0.2, 0.25) is 0 Å². The summed E-state index contributed by atoms with van der Waals surface area (Å²) >= 11 is 1.30. The summed E-state index contributed by atoms with van der Waals surface area (Å²) in [5, 5.41) is 11.0. The average Bonchev–Trinajstić information content (AvgIpc) is 2.89. The van der Waals surface area contributed by atoms with Crippen LogP contribution >= 0.6 is 11.3 Å². The fourth-order valence-corrected chi connectivity index (χ4v) is 3.04. The number of nitrogens with zero attached hydrogens (tertiary/aromatic N) is 2. The van der Waals surface area contributed by atoms with E-state index in [2.05, 4.69) is 4.98 Å². The summed E-state index contributed by atoms with van der Waals surface area (Å²) in [5.74, 6) is -0.524. The van der Waals surface area contributed by atoms with E-state index in [0.29, 0.717) is 11.6 Å². The molecule has 2 N–H and O–H groups in total. The Balaban J connectivity index is 2.19. The van der Waals surface area contributed by atoms with Crippen molar-refractivity contribution in [3.63, 3.8) is 0 Å². The van der Waals surface area contributed by atoms with Gasteiger partial charge >= 0.3 is 5.97 Å². The first kappa shape index (κ1) is 17.0. The van der Waals surface area contributed by atoms with Gasteiger partial charge in [-0.1, -0.05) is 36.8 Å². The van der Waals surface area contributed by atoms with Crippen molar-refractivity contribution in [2.75, 3.05) is 6.54 Å². The van der Waals surface area contributed by atoms with Crippen LogP contribution in [0.2, 0.25) is 0 Å². The Morgan fingerprint density at radius 1 is 1.39 bits per heavy atom. The zero-order chi connectivity index (χ0) is 16.8. The van der Waals surface area contributed by atoms with Gasteiger partial charge in [0, 0.05) is 23.4 Å². The van der Waals surface area contributed by atoms with Gasteiger partial charge in [0.1, 0.15) is 0 Å². The van der Waals surface area contributed by atoms with Gasteiger partial charge in [0.25, 0.3) is 10.9 Å². The molecule has 122 valence electrons. The number of nitrogens with two attached hydrogens (primary N) is 1. The molecule has 2 aromatic rings. The van der Waals surface area contributed by atoms with Crippen LogP contribution in [-0.4, -0.2) is 22.4 Å². The van der Waals surface area contributed by atoms with Crippen molar-refractivity contribution >= 4 is 23.0 Å². The number of aryl methyl sites for hydroxylation is 1. The molecule has 0 amide bonds. The molecule has 0 bridgehead atoms. The molecule has 0 saturated carbocycles. The molecule has 1 aromatic heterocycles. The number of ether oxygens (including phenoxy) is 1. The number of esters is 1. The van der Waals surface area contributed by atoms with Gasteiger partial charge in [-0.3, -0.25) is 14.9 Å². The predicted molar refractivity (Wildman–Crippen MR) is 86.7 cm³/mol. The summed E-state index contributed by atoms with van der Waals surface area (Å²) in [4.78, 5) is 26.9. The first-order valence-corrected chi connectivity index (χ1v) is 7.97. The van der Waals surface area contributed by atoms with E-state index < -0.39 is 10.9 Å². The zero-order valence-corrected chi connectivity index (χ0v) is 13.5. The number of carbonyl (C=O) groups excluding carboxylic acids is 1. The van der Waals surface area contributed by atoms with E-state index in [1.165, 1.54) is 23.5 Å². The Bertz CT molecular complexity index is 697. The number of hydrogen-bond donors (Lipinski definition) is 1. The van der Waals surface area contributed by atoms with Crippen LogP contribution in [0.1, 0.15) is 29.5 Å². The summed E-state index contributed by atoms with van der Waals surface area (Å²) in [7, 11) is 0. The standard InChI is InChI=1S/C15H17N3O4S/c1-2-3-12-13(23-15(17-12)22-14(19)9-16)8-10-4-6-11(7-5-10)18(20)21/h4-7H,2-3,8-9,16H2,1H3. The second kappa shape index (κ2) is 7.80. The van der Waals surface area contributed by atoms with E-state index in [1.54, 1.807) is 12.1 Å². The zero-order valence-electron chi connectivity index (χ0n) is 12.7. The third-order valence-corrected chi connectivity index (χ3v) is 4.10. The lowest BCUT2D eigenvalue weighted by atomic mass is 10.1. The van der Waals surface area contributed by atoms with Crippen LogP contribution in [-0.2, 0) is 17.6 Å². The number of benzene rings is 1. The molecule has 0 unspecified atom stereocenters. The summed E-state index contributed by atoms with van der Waals surface area (Å²) in [6, 6.07) is 6.40. The molecule has 7 nitrogen and oxygen atoms in total. The summed E-state index contributed by atoms with van der Waals surface area (Å²) in [5.41, 5.74) is 7.12. The fourth-order valence-electron chi connectivity index (χ4n) is 2.03. The average molecular weight is 335 g/mol. The number of non-ortho nitro benzene ring substituents is 1. The SMILES string of the molecule is CCCc1nc(OC(=O)CN)sc1Cc1ccc([N+](=O)[O-])cc1. The number of thiazole rings is 1. The molecule has 0 saturated heterocycles. The van der Waals surface area contributed by atoms with Crippen molar-refractivity contribution in [3.8, 4) is 5.19 Å². The molecule has 1 heterocycles. The Morgan fingerprint density at radius 2 is 2.09 bits per heavy atom. The lowest BCUT2D eigenvalue weighted by molar-refractivity contribution is -0.384. The van der Waals surface area contributed by atoms with E-state index in [1.807, 2.05) is 6.92 Å². The predicted octanol–water partition coefficient (Wildman–Crippen LogP) is 2.46. The Labute approximate surface area is 137 Å². The Morgan fingerprint density at radius 3 is 2.65 bits per heavy atom. The minimum atomic E-state index is -0.524. The summed E-state index contributed by atoms with van der Waals surface area (Å²) in [6.45, 7) is 1.85. The quantitative estimate of drug-likeness (QED) is 0.473. The second-order valence-corrected chi connectivity index (χ2v) is 5.92. The van der Waals surface area contributed by atoms with Crippen molar-refractivity contribution in [1.82, 2.24) is 4.98 Å². The number of nitro groups is 1. The molecule has 0 aliphatic rings. The maximum atomic E-state index is 11.3. The number of hydrogen-bond acceptors (Lipinski definition) is 7. The van der Waals surface area contributed by atoms with Crippen LogP contribution in [0.4, 0.5) is 5.69 Å². The van der Waals surface area contributed by atoms with Gasteiger partial charge in [-0.2, -0.15) is 0 Å². The smallest absolute Gasteiger partial charge is 0.327 e. The van der Waals surface area contributed by atoms with E-state index in [4.69, 9.17) is 10.5 Å². The maximum Gasteiger partial charge on any atom is 0.327 e. The second-order valence-electron chi connectivity index (χ2n) is 4.88.